The molecular weight excluding hydrogens is 369 g/mol. The van der Waals surface area contributed by atoms with Gasteiger partial charge >= 0.3 is 5.97 Å². The Morgan fingerprint density at radius 3 is 2.70 bits per heavy atom. The second-order valence-corrected chi connectivity index (χ2v) is 8.45. The fourth-order valence-corrected chi connectivity index (χ4v) is 4.28. The van der Waals surface area contributed by atoms with Crippen LogP contribution in [0.25, 0.3) is 6.08 Å². The highest BCUT2D eigenvalue weighted by Gasteiger charge is 2.23. The van der Waals surface area contributed by atoms with Gasteiger partial charge in [-0.1, -0.05) is 30.7 Å². The standard InChI is InChI=1S/C20H26FNO4S/c21-18-11-9-16(10-12-18)13-14-27(25,26)22-19-7-4-6-17(15-19)5-2-1-3-8-20(23)24/h2,5,9-14,17,19,22H,1,3-4,6-8,15H2,(H,23,24)/b5-2+,14-13+. The number of halogens is 1. The van der Waals surface area contributed by atoms with Crippen molar-refractivity contribution in [3.8, 4) is 0 Å². The van der Waals surface area contributed by atoms with Crippen molar-refractivity contribution in [3.63, 3.8) is 0 Å². The van der Waals surface area contributed by atoms with Crippen molar-refractivity contribution in [1.29, 1.82) is 0 Å². The molecule has 7 heteroatoms. The number of carbonyl (C=O) groups is 1. The van der Waals surface area contributed by atoms with Crippen LogP contribution >= 0.6 is 0 Å². The summed E-state index contributed by atoms with van der Waals surface area (Å²) < 4.78 is 40.1. The van der Waals surface area contributed by atoms with Gasteiger partial charge in [0.15, 0.2) is 0 Å². The van der Waals surface area contributed by atoms with E-state index in [0.717, 1.165) is 37.5 Å². The van der Waals surface area contributed by atoms with Crippen LogP contribution in [0.2, 0.25) is 0 Å². The number of allylic oxidation sites excluding steroid dienone is 2. The van der Waals surface area contributed by atoms with Gasteiger partial charge in [-0.15, -0.1) is 0 Å². The number of hydrogen-bond donors (Lipinski definition) is 2. The van der Waals surface area contributed by atoms with Crippen LogP contribution in [0.15, 0.2) is 41.8 Å². The molecule has 0 spiro atoms. The number of unbranched alkanes of at least 4 members (excludes halogenated alkanes) is 1. The molecule has 1 saturated carbocycles. The lowest BCUT2D eigenvalue weighted by Crippen LogP contribution is -2.37. The summed E-state index contributed by atoms with van der Waals surface area (Å²) in [6.45, 7) is 0. The molecule has 0 bridgehead atoms. The molecule has 1 aliphatic rings. The highest BCUT2D eigenvalue weighted by molar-refractivity contribution is 7.92. The second-order valence-electron chi connectivity index (χ2n) is 6.85. The van der Waals surface area contributed by atoms with Crippen LogP contribution in [-0.2, 0) is 14.8 Å². The van der Waals surface area contributed by atoms with Gasteiger partial charge in [-0.2, -0.15) is 0 Å². The largest absolute Gasteiger partial charge is 0.481 e. The van der Waals surface area contributed by atoms with Crippen molar-refractivity contribution in [2.75, 3.05) is 0 Å². The van der Waals surface area contributed by atoms with Crippen LogP contribution in [0.1, 0.15) is 50.5 Å². The van der Waals surface area contributed by atoms with Gasteiger partial charge in [0.2, 0.25) is 10.0 Å². The van der Waals surface area contributed by atoms with Gasteiger partial charge in [-0.3, -0.25) is 4.79 Å². The average molecular weight is 395 g/mol. The van der Waals surface area contributed by atoms with E-state index in [1.807, 2.05) is 6.08 Å². The van der Waals surface area contributed by atoms with Gasteiger partial charge in [0, 0.05) is 17.9 Å². The highest BCUT2D eigenvalue weighted by atomic mass is 32.2. The molecule has 2 N–H and O–H groups in total. The lowest BCUT2D eigenvalue weighted by molar-refractivity contribution is -0.137. The van der Waals surface area contributed by atoms with Crippen molar-refractivity contribution in [2.24, 2.45) is 5.92 Å². The SMILES string of the molecule is O=C(O)CCC/C=C/C1CCCC(NS(=O)(=O)/C=C/c2ccc(F)cc2)C1. The molecule has 0 amide bonds. The zero-order valence-electron chi connectivity index (χ0n) is 15.2. The third-order valence-corrected chi connectivity index (χ3v) is 5.68. The summed E-state index contributed by atoms with van der Waals surface area (Å²) in [6, 6.07) is 5.50. The van der Waals surface area contributed by atoms with Crippen LogP contribution in [0.3, 0.4) is 0 Å². The van der Waals surface area contributed by atoms with Crippen LogP contribution in [0.5, 0.6) is 0 Å². The Bertz CT molecular complexity index is 772. The number of sulfonamides is 1. The Hall–Kier alpha value is -1.99. The van der Waals surface area contributed by atoms with Crippen molar-refractivity contribution in [3.05, 3.63) is 53.2 Å². The topological polar surface area (TPSA) is 83.5 Å². The molecule has 2 rings (SSSR count). The lowest BCUT2D eigenvalue weighted by atomic mass is 9.86. The van der Waals surface area contributed by atoms with Gasteiger partial charge in [0.05, 0.1) is 0 Å². The van der Waals surface area contributed by atoms with Crippen LogP contribution in [-0.4, -0.2) is 25.5 Å². The van der Waals surface area contributed by atoms with Gasteiger partial charge in [-0.05, 0) is 61.8 Å². The molecule has 2 atom stereocenters. The van der Waals surface area contributed by atoms with Gasteiger partial charge in [0.25, 0.3) is 0 Å². The number of benzene rings is 1. The lowest BCUT2D eigenvalue weighted by Gasteiger charge is -2.27. The summed E-state index contributed by atoms with van der Waals surface area (Å²) >= 11 is 0. The smallest absolute Gasteiger partial charge is 0.303 e. The molecule has 27 heavy (non-hydrogen) atoms. The molecule has 0 radical (unpaired) electrons. The molecular formula is C20H26FNO4S. The molecule has 0 saturated heterocycles. The predicted octanol–water partition coefficient (Wildman–Crippen LogP) is 4.09. The van der Waals surface area contributed by atoms with E-state index in [1.165, 1.54) is 30.3 Å². The normalized spacial score (nSPS) is 21.1. The first-order valence-corrected chi connectivity index (χ1v) is 10.7. The van der Waals surface area contributed by atoms with E-state index in [1.54, 1.807) is 0 Å². The van der Waals surface area contributed by atoms with Crippen molar-refractivity contribution < 1.29 is 22.7 Å². The molecule has 148 valence electrons. The number of aliphatic carboxylic acids is 1. The van der Waals surface area contributed by atoms with Gasteiger partial charge in [0.1, 0.15) is 5.82 Å². The van der Waals surface area contributed by atoms with Crippen LogP contribution < -0.4 is 4.72 Å². The van der Waals surface area contributed by atoms with Crippen LogP contribution in [0.4, 0.5) is 4.39 Å². The first-order valence-electron chi connectivity index (χ1n) is 9.18. The molecule has 0 aliphatic heterocycles. The molecule has 1 aliphatic carbocycles. The monoisotopic (exact) mass is 395 g/mol. The van der Waals surface area contributed by atoms with Crippen LogP contribution in [0, 0.1) is 11.7 Å². The Morgan fingerprint density at radius 2 is 2.00 bits per heavy atom. The van der Waals surface area contributed by atoms with E-state index >= 15 is 0 Å². The minimum absolute atomic E-state index is 0.115. The zero-order chi connectivity index (χ0) is 19.7. The Labute approximate surface area is 160 Å². The fraction of sp³-hybridized carbons (Fsp3) is 0.450. The maximum absolute atomic E-state index is 12.9. The quantitative estimate of drug-likeness (QED) is 0.487. The Kier molecular flexibility index (Phi) is 8.19. The first-order chi connectivity index (χ1) is 12.8. The summed E-state index contributed by atoms with van der Waals surface area (Å²) in [4.78, 5) is 10.5. The molecule has 0 heterocycles. The molecule has 1 aromatic rings. The van der Waals surface area contributed by atoms with Gasteiger partial charge < -0.3 is 5.11 Å². The summed E-state index contributed by atoms with van der Waals surface area (Å²) in [5, 5.41) is 9.74. The van der Waals surface area contributed by atoms with E-state index in [4.69, 9.17) is 5.11 Å². The summed E-state index contributed by atoms with van der Waals surface area (Å²) in [6.07, 6.45) is 10.5. The molecule has 1 aromatic carbocycles. The summed E-state index contributed by atoms with van der Waals surface area (Å²) in [5.41, 5.74) is 0.618. The molecule has 1 fully saturated rings. The highest BCUT2D eigenvalue weighted by Crippen LogP contribution is 2.26. The van der Waals surface area contributed by atoms with E-state index in [-0.39, 0.29) is 18.3 Å². The molecule has 0 aromatic heterocycles. The molecule has 5 nitrogen and oxygen atoms in total. The zero-order valence-corrected chi connectivity index (χ0v) is 16.0. The summed E-state index contributed by atoms with van der Waals surface area (Å²) in [7, 11) is -3.57. The van der Waals surface area contributed by atoms with E-state index in [9.17, 15) is 17.6 Å². The molecule has 2 unspecified atom stereocenters. The van der Waals surface area contributed by atoms with E-state index in [0.29, 0.717) is 17.9 Å². The van der Waals surface area contributed by atoms with E-state index in [2.05, 4.69) is 10.8 Å². The number of nitrogens with one attached hydrogen (secondary N) is 1. The van der Waals surface area contributed by atoms with Gasteiger partial charge in [-0.25, -0.2) is 17.5 Å². The maximum atomic E-state index is 12.9. The second kappa shape index (κ2) is 10.4. The third-order valence-electron chi connectivity index (χ3n) is 4.53. The number of carboxylic acids is 1. The minimum Gasteiger partial charge on any atom is -0.481 e. The Morgan fingerprint density at radius 1 is 1.26 bits per heavy atom. The van der Waals surface area contributed by atoms with Crippen molar-refractivity contribution in [1.82, 2.24) is 4.72 Å². The Balaban J connectivity index is 1.83. The predicted molar refractivity (Wildman–Crippen MR) is 104 cm³/mol. The summed E-state index contributed by atoms with van der Waals surface area (Å²) in [5.74, 6) is -0.848. The van der Waals surface area contributed by atoms with Crippen molar-refractivity contribution >= 4 is 22.1 Å². The average Bonchev–Trinajstić information content (AvgIpc) is 2.61. The maximum Gasteiger partial charge on any atom is 0.303 e. The number of hydrogen-bond acceptors (Lipinski definition) is 3. The number of carboxylic acid groups (broad SMARTS) is 1. The van der Waals surface area contributed by atoms with Crippen molar-refractivity contribution in [2.45, 2.75) is 51.0 Å². The minimum atomic E-state index is -3.57. The van der Waals surface area contributed by atoms with E-state index < -0.39 is 16.0 Å². The third kappa shape index (κ3) is 8.49. The first kappa shape index (κ1) is 21.3. The number of rotatable bonds is 9. The fourth-order valence-electron chi connectivity index (χ4n) is 3.18.